The monoisotopic (exact) mass is 422 g/mol. The summed E-state index contributed by atoms with van der Waals surface area (Å²) in [7, 11) is 3.18. The van der Waals surface area contributed by atoms with E-state index in [2.05, 4.69) is 15.1 Å². The van der Waals surface area contributed by atoms with Crippen molar-refractivity contribution in [2.75, 3.05) is 45.3 Å². The smallest absolute Gasteiger partial charge is 0.256 e. The van der Waals surface area contributed by atoms with Gasteiger partial charge in [0, 0.05) is 31.7 Å². The molecular weight excluding hydrogens is 399 g/mol. The fourth-order valence-electron chi connectivity index (χ4n) is 3.59. The molecule has 0 radical (unpaired) electrons. The van der Waals surface area contributed by atoms with Crippen LogP contribution >= 0.6 is 0 Å². The maximum absolute atomic E-state index is 13.9. The highest BCUT2D eigenvalue weighted by atomic mass is 19.1. The van der Waals surface area contributed by atoms with E-state index in [1.165, 1.54) is 12.1 Å². The predicted octanol–water partition coefficient (Wildman–Crippen LogP) is 3.26. The first-order valence-corrected chi connectivity index (χ1v) is 9.95. The SMILES string of the molecule is COc1ccc(-c2ccc(N3CCN(C(=O)c4ccccc4F)CC3)nn2)cc1OC. The van der Waals surface area contributed by atoms with Gasteiger partial charge in [-0.3, -0.25) is 4.79 Å². The van der Waals surface area contributed by atoms with Crippen molar-refractivity contribution in [3.8, 4) is 22.8 Å². The number of carbonyl (C=O) groups is 1. The number of hydrogen-bond acceptors (Lipinski definition) is 6. The number of carbonyl (C=O) groups excluding carboxylic acids is 1. The molecule has 0 saturated carbocycles. The number of anilines is 1. The molecule has 1 aliphatic rings. The number of nitrogens with zero attached hydrogens (tertiary/aromatic N) is 4. The second-order valence-electron chi connectivity index (χ2n) is 7.11. The highest BCUT2D eigenvalue weighted by Crippen LogP contribution is 2.31. The van der Waals surface area contributed by atoms with E-state index in [4.69, 9.17) is 9.47 Å². The molecule has 0 bridgehead atoms. The lowest BCUT2D eigenvalue weighted by Gasteiger charge is -2.35. The molecule has 1 fully saturated rings. The summed E-state index contributed by atoms with van der Waals surface area (Å²) in [6, 6.07) is 15.5. The van der Waals surface area contributed by atoms with E-state index in [0.29, 0.717) is 37.7 Å². The highest BCUT2D eigenvalue weighted by Gasteiger charge is 2.24. The van der Waals surface area contributed by atoms with Crippen molar-refractivity contribution in [3.05, 3.63) is 66.0 Å². The molecule has 31 heavy (non-hydrogen) atoms. The minimum Gasteiger partial charge on any atom is -0.493 e. The van der Waals surface area contributed by atoms with Gasteiger partial charge in [0.1, 0.15) is 5.82 Å². The Kier molecular flexibility index (Phi) is 5.97. The predicted molar refractivity (Wildman–Crippen MR) is 115 cm³/mol. The number of methoxy groups -OCH3 is 2. The van der Waals surface area contributed by atoms with Crippen LogP contribution in [-0.4, -0.2) is 61.4 Å². The van der Waals surface area contributed by atoms with Gasteiger partial charge in [0.05, 0.1) is 25.5 Å². The molecule has 0 N–H and O–H groups in total. The Morgan fingerprint density at radius 1 is 0.903 bits per heavy atom. The summed E-state index contributed by atoms with van der Waals surface area (Å²) in [5, 5.41) is 8.71. The van der Waals surface area contributed by atoms with Crippen molar-refractivity contribution in [1.82, 2.24) is 15.1 Å². The van der Waals surface area contributed by atoms with E-state index >= 15 is 0 Å². The van der Waals surface area contributed by atoms with Crippen molar-refractivity contribution in [3.63, 3.8) is 0 Å². The molecule has 0 atom stereocenters. The second kappa shape index (κ2) is 8.99. The van der Waals surface area contributed by atoms with Crippen molar-refractivity contribution >= 4 is 11.7 Å². The largest absolute Gasteiger partial charge is 0.493 e. The quantitative estimate of drug-likeness (QED) is 0.629. The fraction of sp³-hybridized carbons (Fsp3) is 0.261. The van der Waals surface area contributed by atoms with Crippen LogP contribution in [-0.2, 0) is 0 Å². The Labute approximate surface area is 180 Å². The molecule has 7 nitrogen and oxygen atoms in total. The van der Waals surface area contributed by atoms with Gasteiger partial charge in [-0.25, -0.2) is 4.39 Å². The summed E-state index contributed by atoms with van der Waals surface area (Å²) in [6.45, 7) is 2.19. The van der Waals surface area contributed by atoms with Gasteiger partial charge in [-0.2, -0.15) is 0 Å². The lowest BCUT2D eigenvalue weighted by molar-refractivity contribution is 0.0741. The van der Waals surface area contributed by atoms with E-state index in [9.17, 15) is 9.18 Å². The first-order chi connectivity index (χ1) is 15.1. The van der Waals surface area contributed by atoms with Crippen LogP contribution in [0.1, 0.15) is 10.4 Å². The molecule has 2 aromatic carbocycles. The minimum atomic E-state index is -0.494. The van der Waals surface area contributed by atoms with Gasteiger partial charge in [0.15, 0.2) is 17.3 Å². The minimum absolute atomic E-state index is 0.106. The summed E-state index contributed by atoms with van der Waals surface area (Å²) in [5.41, 5.74) is 1.70. The zero-order valence-corrected chi connectivity index (χ0v) is 17.4. The number of rotatable bonds is 5. The lowest BCUT2D eigenvalue weighted by atomic mass is 10.1. The zero-order chi connectivity index (χ0) is 21.8. The van der Waals surface area contributed by atoms with E-state index in [-0.39, 0.29) is 11.5 Å². The van der Waals surface area contributed by atoms with Crippen molar-refractivity contribution in [2.45, 2.75) is 0 Å². The van der Waals surface area contributed by atoms with E-state index in [1.54, 1.807) is 31.3 Å². The Balaban J connectivity index is 1.42. The van der Waals surface area contributed by atoms with Crippen LogP contribution in [0.2, 0.25) is 0 Å². The normalized spacial score (nSPS) is 13.8. The van der Waals surface area contributed by atoms with Crippen LogP contribution < -0.4 is 14.4 Å². The van der Waals surface area contributed by atoms with E-state index in [1.807, 2.05) is 30.3 Å². The molecule has 8 heteroatoms. The summed E-state index contributed by atoms with van der Waals surface area (Å²) >= 11 is 0. The lowest BCUT2D eigenvalue weighted by Crippen LogP contribution is -2.49. The number of benzene rings is 2. The molecular formula is C23H23FN4O3. The maximum Gasteiger partial charge on any atom is 0.256 e. The number of halogens is 1. The average molecular weight is 422 g/mol. The highest BCUT2D eigenvalue weighted by molar-refractivity contribution is 5.94. The molecule has 1 saturated heterocycles. The van der Waals surface area contributed by atoms with Gasteiger partial charge >= 0.3 is 0 Å². The van der Waals surface area contributed by atoms with Crippen LogP contribution in [0.15, 0.2) is 54.6 Å². The topological polar surface area (TPSA) is 67.8 Å². The standard InChI is InChI=1S/C23H23FN4O3/c1-30-20-9-7-16(15-21(20)31-2)19-8-10-22(26-25-19)27-11-13-28(14-12-27)23(29)17-5-3-4-6-18(17)24/h3-10,15H,11-14H2,1-2H3. The second-order valence-corrected chi connectivity index (χ2v) is 7.11. The number of amides is 1. The third-order valence-corrected chi connectivity index (χ3v) is 5.32. The average Bonchev–Trinajstić information content (AvgIpc) is 2.83. The molecule has 3 aromatic rings. The Morgan fingerprint density at radius 2 is 1.65 bits per heavy atom. The zero-order valence-electron chi connectivity index (χ0n) is 17.4. The number of piperazine rings is 1. The summed E-state index contributed by atoms with van der Waals surface area (Å²) in [5.74, 6) is 1.24. The summed E-state index contributed by atoms with van der Waals surface area (Å²) in [6.07, 6.45) is 0. The summed E-state index contributed by atoms with van der Waals surface area (Å²) < 4.78 is 24.5. The third-order valence-electron chi connectivity index (χ3n) is 5.32. The van der Waals surface area contributed by atoms with Crippen LogP contribution in [0.4, 0.5) is 10.2 Å². The molecule has 1 aliphatic heterocycles. The van der Waals surface area contributed by atoms with E-state index in [0.717, 1.165) is 17.1 Å². The Bertz CT molecular complexity index is 1070. The number of ether oxygens (including phenoxy) is 2. The van der Waals surface area contributed by atoms with Crippen LogP contribution in [0.25, 0.3) is 11.3 Å². The molecule has 0 aliphatic carbocycles. The Hall–Kier alpha value is -3.68. The molecule has 160 valence electrons. The Morgan fingerprint density at radius 3 is 2.29 bits per heavy atom. The van der Waals surface area contributed by atoms with Gasteiger partial charge in [0.2, 0.25) is 0 Å². The first-order valence-electron chi connectivity index (χ1n) is 9.95. The van der Waals surface area contributed by atoms with Crippen molar-refractivity contribution in [1.29, 1.82) is 0 Å². The van der Waals surface area contributed by atoms with Crippen LogP contribution in [0.5, 0.6) is 11.5 Å². The van der Waals surface area contributed by atoms with Crippen molar-refractivity contribution in [2.24, 2.45) is 0 Å². The molecule has 1 aromatic heterocycles. The molecule has 1 amide bonds. The molecule has 4 rings (SSSR count). The first kappa shape index (κ1) is 20.6. The van der Waals surface area contributed by atoms with Crippen molar-refractivity contribution < 1.29 is 18.7 Å². The van der Waals surface area contributed by atoms with Gasteiger partial charge in [-0.05, 0) is 42.5 Å². The summed E-state index contributed by atoms with van der Waals surface area (Å²) in [4.78, 5) is 16.3. The molecule has 0 spiro atoms. The number of hydrogen-bond donors (Lipinski definition) is 0. The van der Waals surface area contributed by atoms with Crippen LogP contribution in [0, 0.1) is 5.82 Å². The van der Waals surface area contributed by atoms with Gasteiger partial charge in [-0.1, -0.05) is 12.1 Å². The maximum atomic E-state index is 13.9. The van der Waals surface area contributed by atoms with Gasteiger partial charge in [0.25, 0.3) is 5.91 Å². The molecule has 2 heterocycles. The van der Waals surface area contributed by atoms with Gasteiger partial charge in [-0.15, -0.1) is 10.2 Å². The van der Waals surface area contributed by atoms with E-state index < -0.39 is 5.82 Å². The van der Waals surface area contributed by atoms with Gasteiger partial charge < -0.3 is 19.3 Å². The van der Waals surface area contributed by atoms with Crippen LogP contribution in [0.3, 0.4) is 0 Å². The molecule has 0 unspecified atom stereocenters. The third kappa shape index (κ3) is 4.28. The number of aromatic nitrogens is 2. The fourth-order valence-corrected chi connectivity index (χ4v) is 3.59.